The number of fused-ring (bicyclic) bond motifs is 2. The van der Waals surface area contributed by atoms with E-state index in [1.807, 2.05) is 6.92 Å². The van der Waals surface area contributed by atoms with Gasteiger partial charge in [-0.05, 0) is 36.2 Å². The van der Waals surface area contributed by atoms with Crippen molar-refractivity contribution in [2.75, 3.05) is 19.0 Å². The van der Waals surface area contributed by atoms with Crippen LogP contribution in [0.4, 0.5) is 5.69 Å². The Labute approximate surface area is 200 Å². The number of hydrogen-bond donors (Lipinski definition) is 1. The van der Waals surface area contributed by atoms with Gasteiger partial charge in [-0.25, -0.2) is 4.79 Å². The van der Waals surface area contributed by atoms with Crippen LogP contribution in [-0.2, 0) is 14.3 Å². The van der Waals surface area contributed by atoms with Crippen molar-refractivity contribution in [3.63, 3.8) is 0 Å². The van der Waals surface area contributed by atoms with E-state index in [-0.39, 0.29) is 27.9 Å². The molecule has 0 saturated carbocycles. The van der Waals surface area contributed by atoms with Crippen LogP contribution in [0.15, 0.2) is 42.5 Å². The van der Waals surface area contributed by atoms with E-state index in [1.165, 1.54) is 37.4 Å². The second-order valence-electron chi connectivity index (χ2n) is 8.44. The standard InChI is InChI=1S/C25H23N3O7/c1-4-13(2)20(28-23(32)15-7-5-6-8-16(15)24(28)33)25(34)35-12-19(29)26-14-9-10-17-18(11-14)22(31)27(3)21(17)30/h5-11,13,20H,4,12H2,1-3H3,(H,26,29). The van der Waals surface area contributed by atoms with Crippen LogP contribution in [0.5, 0.6) is 0 Å². The van der Waals surface area contributed by atoms with Crippen LogP contribution in [0.25, 0.3) is 0 Å². The van der Waals surface area contributed by atoms with Crippen LogP contribution in [-0.4, -0.2) is 65.0 Å². The largest absolute Gasteiger partial charge is 0.454 e. The molecule has 0 saturated heterocycles. The maximum absolute atomic E-state index is 13.0. The average molecular weight is 477 g/mol. The summed E-state index contributed by atoms with van der Waals surface area (Å²) in [5.41, 5.74) is 1.08. The summed E-state index contributed by atoms with van der Waals surface area (Å²) in [6.45, 7) is 2.86. The normalized spacial score (nSPS) is 16.2. The van der Waals surface area contributed by atoms with Gasteiger partial charge in [0.2, 0.25) is 0 Å². The van der Waals surface area contributed by atoms with Crippen molar-refractivity contribution in [1.82, 2.24) is 9.80 Å². The zero-order chi connectivity index (χ0) is 25.4. The van der Waals surface area contributed by atoms with Crippen LogP contribution in [0.1, 0.15) is 61.7 Å². The molecule has 2 aliphatic heterocycles. The minimum Gasteiger partial charge on any atom is -0.454 e. The third-order valence-corrected chi connectivity index (χ3v) is 6.25. The molecule has 2 aliphatic rings. The molecule has 0 aromatic heterocycles. The topological polar surface area (TPSA) is 130 Å². The first-order valence-corrected chi connectivity index (χ1v) is 11.1. The summed E-state index contributed by atoms with van der Waals surface area (Å²) in [5.74, 6) is -4.05. The van der Waals surface area contributed by atoms with Gasteiger partial charge >= 0.3 is 5.97 Å². The first kappa shape index (κ1) is 23.8. The van der Waals surface area contributed by atoms with Gasteiger partial charge in [-0.15, -0.1) is 0 Å². The molecule has 10 heteroatoms. The Morgan fingerprint density at radius 3 is 2.06 bits per heavy atom. The molecule has 0 bridgehead atoms. The first-order chi connectivity index (χ1) is 16.6. The number of anilines is 1. The quantitative estimate of drug-likeness (QED) is 0.477. The molecule has 10 nitrogen and oxygen atoms in total. The maximum atomic E-state index is 13.0. The van der Waals surface area contributed by atoms with Gasteiger partial charge in [0.1, 0.15) is 6.04 Å². The van der Waals surface area contributed by atoms with Crippen molar-refractivity contribution in [2.45, 2.75) is 26.3 Å². The van der Waals surface area contributed by atoms with E-state index >= 15 is 0 Å². The molecule has 0 spiro atoms. The van der Waals surface area contributed by atoms with Crippen LogP contribution in [0, 0.1) is 5.92 Å². The Hall–Kier alpha value is -4.34. The summed E-state index contributed by atoms with van der Waals surface area (Å²) in [4.78, 5) is 77.2. The highest BCUT2D eigenvalue weighted by atomic mass is 16.5. The lowest BCUT2D eigenvalue weighted by Crippen LogP contribution is -2.49. The molecular weight excluding hydrogens is 454 g/mol. The van der Waals surface area contributed by atoms with Gasteiger partial charge < -0.3 is 10.1 Å². The molecule has 35 heavy (non-hydrogen) atoms. The number of rotatable bonds is 7. The van der Waals surface area contributed by atoms with Crippen molar-refractivity contribution in [3.05, 3.63) is 64.7 Å². The van der Waals surface area contributed by atoms with Crippen LogP contribution >= 0.6 is 0 Å². The Balaban J connectivity index is 1.44. The lowest BCUT2D eigenvalue weighted by atomic mass is 9.97. The van der Waals surface area contributed by atoms with Gasteiger partial charge in [0, 0.05) is 12.7 Å². The molecule has 2 atom stereocenters. The van der Waals surface area contributed by atoms with E-state index in [0.29, 0.717) is 6.42 Å². The zero-order valence-electron chi connectivity index (χ0n) is 19.4. The lowest BCUT2D eigenvalue weighted by molar-refractivity contribution is -0.152. The van der Waals surface area contributed by atoms with Gasteiger partial charge in [0.05, 0.1) is 22.3 Å². The van der Waals surface area contributed by atoms with E-state index in [1.54, 1.807) is 19.1 Å². The van der Waals surface area contributed by atoms with Crippen molar-refractivity contribution in [2.24, 2.45) is 5.92 Å². The fraction of sp³-hybridized carbons (Fsp3) is 0.280. The molecule has 180 valence electrons. The van der Waals surface area contributed by atoms with Crippen molar-refractivity contribution >= 4 is 41.2 Å². The summed E-state index contributed by atoms with van der Waals surface area (Å²) in [5, 5.41) is 2.51. The number of amides is 5. The molecule has 0 fully saturated rings. The number of carbonyl (C=O) groups is 6. The molecular formula is C25H23N3O7. The number of carbonyl (C=O) groups excluding carboxylic acids is 6. The van der Waals surface area contributed by atoms with E-state index in [9.17, 15) is 28.8 Å². The first-order valence-electron chi connectivity index (χ1n) is 11.1. The Morgan fingerprint density at radius 2 is 1.46 bits per heavy atom. The van der Waals surface area contributed by atoms with Crippen molar-refractivity contribution in [3.8, 4) is 0 Å². The van der Waals surface area contributed by atoms with Gasteiger partial charge in [-0.1, -0.05) is 32.4 Å². The molecule has 5 amide bonds. The number of hydrogen-bond acceptors (Lipinski definition) is 7. The molecule has 1 N–H and O–H groups in total. The third-order valence-electron chi connectivity index (χ3n) is 6.25. The van der Waals surface area contributed by atoms with Gasteiger partial charge in [0.15, 0.2) is 6.61 Å². The number of imide groups is 2. The number of esters is 1. The van der Waals surface area contributed by atoms with Crippen molar-refractivity contribution < 1.29 is 33.5 Å². The van der Waals surface area contributed by atoms with Gasteiger partial charge in [-0.3, -0.25) is 33.8 Å². The van der Waals surface area contributed by atoms with Crippen LogP contribution in [0.2, 0.25) is 0 Å². The summed E-state index contributed by atoms with van der Waals surface area (Å²) < 4.78 is 5.19. The number of ether oxygens (including phenoxy) is 1. The predicted octanol–water partition coefficient (Wildman–Crippen LogP) is 2.11. The Morgan fingerprint density at radius 1 is 0.886 bits per heavy atom. The molecule has 0 aliphatic carbocycles. The third kappa shape index (κ3) is 4.07. The van der Waals surface area contributed by atoms with Gasteiger partial charge in [0.25, 0.3) is 29.5 Å². The second kappa shape index (κ2) is 9.13. The number of nitrogens with one attached hydrogen (secondary N) is 1. The predicted molar refractivity (Wildman–Crippen MR) is 123 cm³/mol. The second-order valence-corrected chi connectivity index (χ2v) is 8.44. The fourth-order valence-electron chi connectivity index (χ4n) is 4.13. The lowest BCUT2D eigenvalue weighted by Gasteiger charge is -2.28. The van der Waals surface area contributed by atoms with Crippen LogP contribution < -0.4 is 5.32 Å². The van der Waals surface area contributed by atoms with E-state index < -0.39 is 54.1 Å². The van der Waals surface area contributed by atoms with Crippen molar-refractivity contribution in [1.29, 1.82) is 0 Å². The molecule has 2 aromatic rings. The van der Waals surface area contributed by atoms with Crippen LogP contribution in [0.3, 0.4) is 0 Å². The summed E-state index contributed by atoms with van der Waals surface area (Å²) in [6.07, 6.45) is 0.482. The van der Waals surface area contributed by atoms with E-state index in [2.05, 4.69) is 5.32 Å². The molecule has 2 aromatic carbocycles. The summed E-state index contributed by atoms with van der Waals surface area (Å²) >= 11 is 0. The highest BCUT2D eigenvalue weighted by Gasteiger charge is 2.45. The number of nitrogens with zero attached hydrogens (tertiary/aromatic N) is 2. The highest BCUT2D eigenvalue weighted by molar-refractivity contribution is 6.23. The SMILES string of the molecule is CCC(C)C(C(=O)OCC(=O)Nc1ccc2c(c1)C(=O)N(C)C2=O)N1C(=O)c2ccccc2C1=O. The zero-order valence-corrected chi connectivity index (χ0v) is 19.4. The minimum absolute atomic E-state index is 0.162. The van der Waals surface area contributed by atoms with Gasteiger partial charge in [-0.2, -0.15) is 0 Å². The number of benzene rings is 2. The highest BCUT2D eigenvalue weighted by Crippen LogP contribution is 2.29. The molecule has 2 unspecified atom stereocenters. The molecule has 4 rings (SSSR count). The average Bonchev–Trinajstić information content (AvgIpc) is 3.23. The molecule has 2 heterocycles. The summed E-state index contributed by atoms with van der Waals surface area (Å²) in [7, 11) is 1.37. The maximum Gasteiger partial charge on any atom is 0.330 e. The molecule has 0 radical (unpaired) electrons. The smallest absolute Gasteiger partial charge is 0.330 e. The fourth-order valence-corrected chi connectivity index (χ4v) is 4.13. The van der Waals surface area contributed by atoms with E-state index in [0.717, 1.165) is 9.80 Å². The Bertz CT molecular complexity index is 1250. The Kier molecular flexibility index (Phi) is 6.21. The minimum atomic E-state index is -1.20. The summed E-state index contributed by atoms with van der Waals surface area (Å²) in [6, 6.07) is 9.39. The monoisotopic (exact) mass is 477 g/mol. The van der Waals surface area contributed by atoms with E-state index in [4.69, 9.17) is 4.74 Å².